The fourth-order valence-electron chi connectivity index (χ4n) is 4.79. The first-order valence-corrected chi connectivity index (χ1v) is 12.2. The van der Waals surface area contributed by atoms with E-state index in [1.54, 1.807) is 9.58 Å². The molecule has 1 fully saturated rings. The van der Waals surface area contributed by atoms with E-state index in [0.717, 1.165) is 41.5 Å². The molecule has 2 aliphatic rings. The van der Waals surface area contributed by atoms with Crippen LogP contribution in [0, 0.1) is 0 Å². The van der Waals surface area contributed by atoms with E-state index in [0.29, 0.717) is 25.5 Å². The zero-order valence-corrected chi connectivity index (χ0v) is 20.5. The van der Waals surface area contributed by atoms with Gasteiger partial charge in [0.05, 0.1) is 0 Å². The molecule has 35 heavy (non-hydrogen) atoms. The summed E-state index contributed by atoms with van der Waals surface area (Å²) in [6.45, 7) is 7.67. The first kappa shape index (κ1) is 23.1. The van der Waals surface area contributed by atoms with Gasteiger partial charge in [-0.1, -0.05) is 24.3 Å². The minimum Gasteiger partial charge on any atom is -0.444 e. The van der Waals surface area contributed by atoms with E-state index in [2.05, 4.69) is 21.5 Å². The summed E-state index contributed by atoms with van der Waals surface area (Å²) in [4.78, 5) is 33.7. The van der Waals surface area contributed by atoms with Crippen LogP contribution in [0.25, 0.3) is 10.8 Å². The number of rotatable bonds is 3. The van der Waals surface area contributed by atoms with Crippen molar-refractivity contribution in [3.05, 3.63) is 48.3 Å². The summed E-state index contributed by atoms with van der Waals surface area (Å²) in [5, 5.41) is 10.1. The van der Waals surface area contributed by atoms with Crippen LogP contribution in [0.4, 0.5) is 16.4 Å². The number of nitrogens with one attached hydrogen (secondary N) is 1. The third kappa shape index (κ3) is 5.23. The topological polar surface area (TPSA) is 92.6 Å². The van der Waals surface area contributed by atoms with Gasteiger partial charge in [0.2, 0.25) is 5.91 Å². The highest BCUT2D eigenvalue weighted by atomic mass is 16.6. The molecule has 0 bridgehead atoms. The van der Waals surface area contributed by atoms with Crippen molar-refractivity contribution >= 4 is 34.4 Å². The van der Waals surface area contributed by atoms with Crippen molar-refractivity contribution in [2.24, 2.45) is 0 Å². The molecular formula is C26H32N6O3. The van der Waals surface area contributed by atoms with E-state index < -0.39 is 5.60 Å². The maximum Gasteiger partial charge on any atom is 0.410 e. The fourth-order valence-corrected chi connectivity index (χ4v) is 4.79. The van der Waals surface area contributed by atoms with Gasteiger partial charge < -0.3 is 19.9 Å². The number of ether oxygens (including phenoxy) is 1. The Bertz CT molecular complexity index is 1240. The van der Waals surface area contributed by atoms with Gasteiger partial charge in [0.25, 0.3) is 0 Å². The number of carbonyl (C=O) groups is 2. The molecule has 2 amide bonds. The number of nitrogens with zero attached hydrogens (tertiary/aromatic N) is 5. The van der Waals surface area contributed by atoms with Crippen molar-refractivity contribution in [1.29, 1.82) is 0 Å². The lowest BCUT2D eigenvalue weighted by molar-refractivity contribution is -0.134. The van der Waals surface area contributed by atoms with Gasteiger partial charge in [-0.25, -0.2) is 9.78 Å². The lowest BCUT2D eigenvalue weighted by Crippen LogP contribution is -2.50. The third-order valence-corrected chi connectivity index (χ3v) is 6.52. The van der Waals surface area contributed by atoms with Crippen LogP contribution in [0.3, 0.4) is 0 Å². The summed E-state index contributed by atoms with van der Waals surface area (Å²) in [5.74, 6) is 1.48. The standard InChI is InChI=1S/C26H32N6O3/c1-26(2,3)35-25(34)30-11-8-20(9-12-30)31-13-10-21-15-23(29-32(21)17-24(31)33)28-22-14-18-6-4-5-7-19(18)16-27-22/h4-7,14-16,20H,8-13,17H2,1-3H3,(H,27,28,29). The molecule has 0 aliphatic carbocycles. The molecule has 9 heteroatoms. The van der Waals surface area contributed by atoms with Crippen molar-refractivity contribution in [3.63, 3.8) is 0 Å². The molecule has 0 unspecified atom stereocenters. The number of carbonyl (C=O) groups excluding carboxylic acids is 2. The smallest absolute Gasteiger partial charge is 0.410 e. The number of aromatic nitrogens is 3. The molecule has 0 saturated carbocycles. The lowest BCUT2D eigenvalue weighted by atomic mass is 10.0. The van der Waals surface area contributed by atoms with Gasteiger partial charge >= 0.3 is 6.09 Å². The van der Waals surface area contributed by atoms with Crippen LogP contribution in [-0.4, -0.2) is 67.8 Å². The first-order valence-electron chi connectivity index (χ1n) is 12.2. The van der Waals surface area contributed by atoms with Gasteiger partial charge in [0, 0.05) is 55.4 Å². The number of piperidine rings is 1. The van der Waals surface area contributed by atoms with Crippen molar-refractivity contribution in [1.82, 2.24) is 24.6 Å². The predicted molar refractivity (Wildman–Crippen MR) is 133 cm³/mol. The zero-order chi connectivity index (χ0) is 24.6. The van der Waals surface area contributed by atoms with E-state index >= 15 is 0 Å². The molecule has 4 heterocycles. The molecule has 0 atom stereocenters. The van der Waals surface area contributed by atoms with Gasteiger partial charge in [0.1, 0.15) is 18.0 Å². The highest BCUT2D eigenvalue weighted by Gasteiger charge is 2.33. The number of fused-ring (bicyclic) bond motifs is 2. The second-order valence-electron chi connectivity index (χ2n) is 10.3. The average Bonchev–Trinajstić information content (AvgIpc) is 3.11. The Balaban J connectivity index is 1.20. The van der Waals surface area contributed by atoms with Crippen LogP contribution >= 0.6 is 0 Å². The summed E-state index contributed by atoms with van der Waals surface area (Å²) in [6, 6.07) is 12.2. The number of hydrogen-bond donors (Lipinski definition) is 1. The summed E-state index contributed by atoms with van der Waals surface area (Å²) < 4.78 is 7.28. The van der Waals surface area contributed by atoms with Gasteiger partial charge in [-0.05, 0) is 45.1 Å². The Morgan fingerprint density at radius 3 is 2.54 bits per heavy atom. The molecule has 2 aliphatic heterocycles. The Hall–Kier alpha value is -3.62. The Morgan fingerprint density at radius 2 is 1.80 bits per heavy atom. The Labute approximate surface area is 205 Å². The number of hydrogen-bond acceptors (Lipinski definition) is 6. The molecule has 1 N–H and O–H groups in total. The maximum absolute atomic E-state index is 13.1. The highest BCUT2D eigenvalue weighted by Crippen LogP contribution is 2.24. The molecule has 3 aromatic rings. The Morgan fingerprint density at radius 1 is 1.06 bits per heavy atom. The summed E-state index contributed by atoms with van der Waals surface area (Å²) in [6.07, 6.45) is 3.81. The number of pyridine rings is 1. The number of amides is 2. The quantitative estimate of drug-likeness (QED) is 0.615. The molecule has 9 nitrogen and oxygen atoms in total. The van der Waals surface area contributed by atoms with E-state index in [4.69, 9.17) is 4.74 Å². The average molecular weight is 477 g/mol. The van der Waals surface area contributed by atoms with E-state index in [9.17, 15) is 9.59 Å². The Kier molecular flexibility index (Phi) is 6.08. The van der Waals surface area contributed by atoms with Crippen LogP contribution in [0.2, 0.25) is 0 Å². The number of benzene rings is 1. The molecular weight excluding hydrogens is 444 g/mol. The van der Waals surface area contributed by atoms with Crippen LogP contribution in [0.5, 0.6) is 0 Å². The van der Waals surface area contributed by atoms with Crippen LogP contribution in [-0.2, 0) is 22.5 Å². The second kappa shape index (κ2) is 9.20. The van der Waals surface area contributed by atoms with E-state index in [-0.39, 0.29) is 24.6 Å². The van der Waals surface area contributed by atoms with Crippen molar-refractivity contribution < 1.29 is 14.3 Å². The van der Waals surface area contributed by atoms with Crippen LogP contribution < -0.4 is 5.32 Å². The van der Waals surface area contributed by atoms with Crippen molar-refractivity contribution in [2.45, 2.75) is 58.2 Å². The zero-order valence-electron chi connectivity index (χ0n) is 20.5. The van der Waals surface area contributed by atoms with Gasteiger partial charge in [-0.3, -0.25) is 9.48 Å². The molecule has 5 rings (SSSR count). The van der Waals surface area contributed by atoms with Crippen molar-refractivity contribution in [2.75, 3.05) is 25.0 Å². The monoisotopic (exact) mass is 476 g/mol. The molecule has 1 aromatic carbocycles. The minimum atomic E-state index is -0.507. The predicted octanol–water partition coefficient (Wildman–Crippen LogP) is 3.96. The maximum atomic E-state index is 13.1. The lowest BCUT2D eigenvalue weighted by Gasteiger charge is -2.38. The summed E-state index contributed by atoms with van der Waals surface area (Å²) in [7, 11) is 0. The van der Waals surface area contributed by atoms with Gasteiger partial charge in [-0.2, -0.15) is 5.10 Å². The largest absolute Gasteiger partial charge is 0.444 e. The summed E-state index contributed by atoms with van der Waals surface area (Å²) >= 11 is 0. The summed E-state index contributed by atoms with van der Waals surface area (Å²) in [5.41, 5.74) is 0.517. The number of likely N-dealkylation sites (tertiary alicyclic amines) is 1. The second-order valence-corrected chi connectivity index (χ2v) is 10.3. The highest BCUT2D eigenvalue weighted by molar-refractivity contribution is 5.84. The van der Waals surface area contributed by atoms with Crippen LogP contribution in [0.1, 0.15) is 39.3 Å². The van der Waals surface area contributed by atoms with E-state index in [1.807, 2.05) is 62.2 Å². The van der Waals surface area contributed by atoms with Crippen LogP contribution in [0.15, 0.2) is 42.6 Å². The molecule has 1 saturated heterocycles. The minimum absolute atomic E-state index is 0.0675. The fraction of sp³-hybridized carbons (Fsp3) is 0.462. The number of anilines is 2. The van der Waals surface area contributed by atoms with Gasteiger partial charge in [0.15, 0.2) is 5.82 Å². The third-order valence-electron chi connectivity index (χ3n) is 6.52. The molecule has 0 radical (unpaired) electrons. The molecule has 2 aromatic heterocycles. The normalized spacial score (nSPS) is 17.3. The SMILES string of the molecule is CC(C)(C)OC(=O)N1CCC(N2CCc3cc(Nc4cc5ccccc5cn4)nn3CC2=O)CC1. The first-order chi connectivity index (χ1) is 16.7. The molecule has 0 spiro atoms. The molecule has 184 valence electrons. The van der Waals surface area contributed by atoms with E-state index in [1.165, 1.54) is 0 Å². The van der Waals surface area contributed by atoms with Crippen molar-refractivity contribution in [3.8, 4) is 0 Å². The van der Waals surface area contributed by atoms with Gasteiger partial charge in [-0.15, -0.1) is 0 Å².